The molecule has 116 valence electrons. The average Bonchev–Trinajstić information content (AvgIpc) is 2.69. The van der Waals surface area contributed by atoms with Crippen LogP contribution >= 0.6 is 0 Å². The van der Waals surface area contributed by atoms with Crippen LogP contribution in [0.25, 0.3) is 11.1 Å². The number of nitrogens with one attached hydrogen (secondary N) is 1. The average molecular weight is 309 g/mol. The van der Waals surface area contributed by atoms with Crippen LogP contribution in [-0.2, 0) is 0 Å². The second-order valence-electron chi connectivity index (χ2n) is 5.93. The van der Waals surface area contributed by atoms with Crippen molar-refractivity contribution in [1.82, 2.24) is 5.32 Å². The fraction of sp³-hybridized carbons (Fsp3) is 0.0435. The highest BCUT2D eigenvalue weighted by molar-refractivity contribution is 6.05. The third kappa shape index (κ3) is 2.89. The topological polar surface area (TPSA) is 12.0 Å². The van der Waals surface area contributed by atoms with E-state index >= 15 is 0 Å². The predicted molar refractivity (Wildman–Crippen MR) is 101 cm³/mol. The Bertz CT molecular complexity index is 862. The third-order valence-electron chi connectivity index (χ3n) is 4.36. The van der Waals surface area contributed by atoms with Gasteiger partial charge in [-0.25, -0.2) is 0 Å². The van der Waals surface area contributed by atoms with E-state index in [1.807, 2.05) is 0 Å². The largest absolute Gasteiger partial charge is 0.380 e. The minimum atomic E-state index is 0.189. The normalized spacial score (nSPS) is 16.8. The van der Waals surface area contributed by atoms with Crippen LogP contribution in [0.5, 0.6) is 0 Å². The molecule has 0 saturated heterocycles. The van der Waals surface area contributed by atoms with Gasteiger partial charge in [-0.05, 0) is 28.3 Å². The molecule has 0 aliphatic carbocycles. The molecule has 0 spiro atoms. The molecule has 1 nitrogen and oxygen atoms in total. The molecule has 1 atom stereocenters. The number of dihydropyridines is 1. The minimum absolute atomic E-state index is 0.189. The quantitative estimate of drug-likeness (QED) is 0.678. The van der Waals surface area contributed by atoms with E-state index in [9.17, 15) is 0 Å². The van der Waals surface area contributed by atoms with Crippen molar-refractivity contribution in [1.29, 1.82) is 0 Å². The molecule has 4 rings (SSSR count). The Hall–Kier alpha value is -3.06. The van der Waals surface area contributed by atoms with Gasteiger partial charge in [0.05, 0.1) is 6.04 Å². The van der Waals surface area contributed by atoms with Gasteiger partial charge in [-0.15, -0.1) is 0 Å². The summed E-state index contributed by atoms with van der Waals surface area (Å²) in [4.78, 5) is 0. The van der Waals surface area contributed by atoms with Crippen molar-refractivity contribution in [2.45, 2.75) is 6.04 Å². The Morgan fingerprint density at radius 1 is 0.542 bits per heavy atom. The van der Waals surface area contributed by atoms with E-state index in [0.29, 0.717) is 0 Å². The van der Waals surface area contributed by atoms with E-state index in [1.165, 1.54) is 27.8 Å². The van der Waals surface area contributed by atoms with Crippen LogP contribution in [0.1, 0.15) is 22.7 Å². The number of rotatable bonds is 3. The lowest BCUT2D eigenvalue weighted by Crippen LogP contribution is -2.18. The van der Waals surface area contributed by atoms with E-state index < -0.39 is 0 Å². The summed E-state index contributed by atoms with van der Waals surface area (Å²) in [5.41, 5.74) is 6.25. The van der Waals surface area contributed by atoms with Crippen molar-refractivity contribution < 1.29 is 0 Å². The molecule has 0 radical (unpaired) electrons. The Labute approximate surface area is 143 Å². The lowest BCUT2D eigenvalue weighted by Gasteiger charge is -2.25. The molecule has 24 heavy (non-hydrogen) atoms. The van der Waals surface area contributed by atoms with Crippen LogP contribution in [0.3, 0.4) is 0 Å². The molecule has 0 fully saturated rings. The number of allylic oxidation sites excluding steroid dienone is 2. The smallest absolute Gasteiger partial charge is 0.0702 e. The fourth-order valence-corrected chi connectivity index (χ4v) is 3.13. The van der Waals surface area contributed by atoms with Crippen LogP contribution in [0.15, 0.2) is 103 Å². The first-order chi connectivity index (χ1) is 11.9. The van der Waals surface area contributed by atoms with Gasteiger partial charge in [0.15, 0.2) is 0 Å². The van der Waals surface area contributed by atoms with E-state index in [1.54, 1.807) is 0 Å². The van der Waals surface area contributed by atoms with Crippen molar-refractivity contribution in [3.05, 3.63) is 120 Å². The molecular formula is C23H19N. The lowest BCUT2D eigenvalue weighted by molar-refractivity contribution is 0.752. The maximum Gasteiger partial charge on any atom is 0.0702 e. The van der Waals surface area contributed by atoms with Crippen molar-refractivity contribution in [2.24, 2.45) is 0 Å². The van der Waals surface area contributed by atoms with Crippen LogP contribution < -0.4 is 5.32 Å². The zero-order valence-corrected chi connectivity index (χ0v) is 13.4. The number of benzene rings is 3. The molecule has 0 bridgehead atoms. The van der Waals surface area contributed by atoms with Gasteiger partial charge in [-0.2, -0.15) is 0 Å². The van der Waals surface area contributed by atoms with E-state index in [0.717, 1.165) is 0 Å². The summed E-state index contributed by atoms with van der Waals surface area (Å²) in [7, 11) is 0. The molecule has 0 amide bonds. The molecule has 1 heteroatoms. The zero-order valence-electron chi connectivity index (χ0n) is 13.4. The van der Waals surface area contributed by atoms with Crippen molar-refractivity contribution in [2.75, 3.05) is 0 Å². The predicted octanol–water partition coefficient (Wildman–Crippen LogP) is 5.46. The molecule has 1 unspecified atom stereocenters. The highest BCUT2D eigenvalue weighted by Gasteiger charge is 2.18. The van der Waals surface area contributed by atoms with Gasteiger partial charge in [-0.3, -0.25) is 0 Å². The molecule has 3 aromatic rings. The lowest BCUT2D eigenvalue weighted by atomic mass is 9.88. The first-order valence-corrected chi connectivity index (χ1v) is 8.26. The van der Waals surface area contributed by atoms with Gasteiger partial charge in [0.1, 0.15) is 0 Å². The summed E-state index contributed by atoms with van der Waals surface area (Å²) in [5.74, 6) is 0. The second-order valence-corrected chi connectivity index (χ2v) is 5.93. The summed E-state index contributed by atoms with van der Waals surface area (Å²) in [6.07, 6.45) is 4.47. The molecule has 1 N–H and O–H groups in total. The molecule has 1 aliphatic heterocycles. The van der Waals surface area contributed by atoms with Gasteiger partial charge in [-0.1, -0.05) is 91.0 Å². The third-order valence-corrected chi connectivity index (χ3v) is 4.36. The monoisotopic (exact) mass is 309 g/mol. The molecule has 1 heterocycles. The van der Waals surface area contributed by atoms with Crippen molar-refractivity contribution in [3.8, 4) is 0 Å². The minimum Gasteiger partial charge on any atom is -0.380 e. The van der Waals surface area contributed by atoms with Gasteiger partial charge >= 0.3 is 0 Å². The Balaban J connectivity index is 1.79. The van der Waals surface area contributed by atoms with Gasteiger partial charge in [0.25, 0.3) is 0 Å². The summed E-state index contributed by atoms with van der Waals surface area (Å²) in [6.45, 7) is 0. The Morgan fingerprint density at radius 3 is 1.62 bits per heavy atom. The standard InChI is InChI=1S/C23H19N/c1-4-10-18(11-5-1)21-16-23(20-14-8-3-9-15-20)24-17-22(21)19-12-6-2-7-13-19/h1-17,23-24H. The van der Waals surface area contributed by atoms with Gasteiger partial charge in [0.2, 0.25) is 0 Å². The molecule has 1 aliphatic rings. The fourth-order valence-electron chi connectivity index (χ4n) is 3.13. The number of hydrogen-bond acceptors (Lipinski definition) is 1. The number of hydrogen-bond donors (Lipinski definition) is 1. The highest BCUT2D eigenvalue weighted by Crippen LogP contribution is 2.36. The van der Waals surface area contributed by atoms with E-state index in [2.05, 4.69) is 109 Å². The van der Waals surface area contributed by atoms with Crippen LogP contribution in [0.2, 0.25) is 0 Å². The maximum atomic E-state index is 3.55. The van der Waals surface area contributed by atoms with Crippen LogP contribution in [0, 0.1) is 0 Å². The Morgan fingerprint density at radius 2 is 1.04 bits per heavy atom. The molecule has 0 saturated carbocycles. The van der Waals surface area contributed by atoms with E-state index in [-0.39, 0.29) is 6.04 Å². The second kappa shape index (κ2) is 6.59. The molecule has 0 aromatic heterocycles. The van der Waals surface area contributed by atoms with Crippen molar-refractivity contribution >= 4 is 11.1 Å². The first kappa shape index (κ1) is 14.5. The van der Waals surface area contributed by atoms with Gasteiger partial charge in [0, 0.05) is 11.8 Å². The molecule has 3 aromatic carbocycles. The summed E-state index contributed by atoms with van der Waals surface area (Å²) in [5, 5.41) is 3.55. The highest BCUT2D eigenvalue weighted by atomic mass is 14.9. The zero-order chi connectivity index (χ0) is 16.2. The Kier molecular flexibility index (Phi) is 3.99. The summed E-state index contributed by atoms with van der Waals surface area (Å²) >= 11 is 0. The van der Waals surface area contributed by atoms with E-state index in [4.69, 9.17) is 0 Å². The van der Waals surface area contributed by atoms with Crippen LogP contribution in [-0.4, -0.2) is 0 Å². The van der Waals surface area contributed by atoms with Crippen LogP contribution in [0.4, 0.5) is 0 Å². The summed E-state index contributed by atoms with van der Waals surface area (Å²) in [6, 6.07) is 31.9. The van der Waals surface area contributed by atoms with Crippen molar-refractivity contribution in [3.63, 3.8) is 0 Å². The first-order valence-electron chi connectivity index (χ1n) is 8.26. The van der Waals surface area contributed by atoms with Gasteiger partial charge < -0.3 is 5.32 Å². The molecular weight excluding hydrogens is 290 g/mol. The summed E-state index contributed by atoms with van der Waals surface area (Å²) < 4.78 is 0. The SMILES string of the molecule is C1=C(c2ccccc2)C(c2ccccc2)=CC(c2ccccc2)N1. The maximum absolute atomic E-state index is 3.55.